The Labute approximate surface area is 210 Å². The second kappa shape index (κ2) is 10.5. The monoisotopic (exact) mass is 574 g/mol. The van der Waals surface area contributed by atoms with Crippen molar-refractivity contribution in [1.29, 1.82) is 0 Å². The molecule has 0 aromatic heterocycles. The minimum Gasteiger partial charge on any atom is -0.496 e. The molecule has 0 aliphatic rings. The summed E-state index contributed by atoms with van der Waals surface area (Å²) in [4.78, 5) is 24.5. The van der Waals surface area contributed by atoms with E-state index in [0.29, 0.717) is 42.9 Å². The predicted octanol–water partition coefficient (Wildman–Crippen LogP) is 7.30. The first-order valence-corrected chi connectivity index (χ1v) is 11.9. The minimum atomic E-state index is -0.926. The number of ketones is 1. The van der Waals surface area contributed by atoms with Crippen LogP contribution in [0, 0.1) is 6.92 Å². The number of aryl methyl sites for hydroxylation is 1. The molecule has 0 fully saturated rings. The summed E-state index contributed by atoms with van der Waals surface area (Å²) < 4.78 is 13.0. The molecule has 33 heavy (non-hydrogen) atoms. The Morgan fingerprint density at radius 2 is 1.58 bits per heavy atom. The van der Waals surface area contributed by atoms with E-state index in [-0.39, 0.29) is 18.1 Å². The van der Waals surface area contributed by atoms with Crippen molar-refractivity contribution in [3.63, 3.8) is 0 Å². The van der Waals surface area contributed by atoms with E-state index in [1.807, 2.05) is 39.0 Å². The Hall–Kier alpha value is -2.64. The number of hydrogen-bond donors (Lipinski definition) is 1. The Morgan fingerprint density at radius 1 is 0.970 bits per heavy atom. The van der Waals surface area contributed by atoms with E-state index >= 15 is 0 Å². The van der Waals surface area contributed by atoms with Crippen molar-refractivity contribution in [2.45, 2.75) is 33.1 Å². The van der Waals surface area contributed by atoms with Crippen molar-refractivity contribution < 1.29 is 24.2 Å². The Balaban J connectivity index is 2.13. The predicted molar refractivity (Wildman–Crippen MR) is 135 cm³/mol. The van der Waals surface area contributed by atoms with Gasteiger partial charge in [-0.3, -0.25) is 9.59 Å². The average molecular weight is 576 g/mol. The number of benzene rings is 3. The largest absolute Gasteiger partial charge is 0.496 e. The van der Waals surface area contributed by atoms with Gasteiger partial charge in [-0.25, -0.2) is 0 Å². The van der Waals surface area contributed by atoms with E-state index in [1.165, 1.54) is 0 Å². The van der Waals surface area contributed by atoms with Crippen molar-refractivity contribution in [2.24, 2.45) is 0 Å². The minimum absolute atomic E-state index is 0.116. The molecule has 3 rings (SSSR count). The van der Waals surface area contributed by atoms with Gasteiger partial charge in [0.2, 0.25) is 0 Å². The molecule has 0 heterocycles. The molecule has 0 amide bonds. The van der Waals surface area contributed by atoms with Crippen molar-refractivity contribution in [3.05, 3.63) is 85.3 Å². The lowest BCUT2D eigenvalue weighted by Crippen LogP contribution is -2.07. The van der Waals surface area contributed by atoms with Crippen molar-refractivity contribution in [1.82, 2.24) is 0 Å². The normalized spacial score (nSPS) is 10.9. The van der Waals surface area contributed by atoms with Gasteiger partial charge in [-0.2, -0.15) is 0 Å². The molecule has 172 valence electrons. The molecule has 0 unspecified atom stereocenters. The molecule has 3 aromatic rings. The van der Waals surface area contributed by atoms with Crippen molar-refractivity contribution in [2.75, 3.05) is 7.11 Å². The Bertz CT molecular complexity index is 1180. The first kappa shape index (κ1) is 25.0. The topological polar surface area (TPSA) is 72.8 Å². The number of hydrogen-bond acceptors (Lipinski definition) is 4. The maximum Gasteiger partial charge on any atom is 0.307 e. The number of carbonyl (C=O) groups excluding carboxylic acids is 1. The van der Waals surface area contributed by atoms with Gasteiger partial charge in [-0.05, 0) is 74.5 Å². The molecule has 0 bridgehead atoms. The van der Waals surface area contributed by atoms with Gasteiger partial charge in [0.05, 0.1) is 28.0 Å². The number of carbonyl (C=O) groups is 2. The summed E-state index contributed by atoms with van der Waals surface area (Å²) in [6.07, 6.45) is -0.116. The van der Waals surface area contributed by atoms with Crippen LogP contribution in [-0.4, -0.2) is 24.0 Å². The lowest BCUT2D eigenvalue weighted by atomic mass is 9.95. The number of methoxy groups -OCH3 is 1. The third kappa shape index (κ3) is 5.84. The molecule has 0 saturated heterocycles. The molecule has 5 nitrogen and oxygen atoms in total. The Morgan fingerprint density at radius 3 is 2.09 bits per heavy atom. The highest BCUT2D eigenvalue weighted by Gasteiger charge is 2.22. The van der Waals surface area contributed by atoms with Crippen LogP contribution in [-0.2, 0) is 11.2 Å². The smallest absolute Gasteiger partial charge is 0.307 e. The van der Waals surface area contributed by atoms with Crippen molar-refractivity contribution in [3.8, 4) is 17.2 Å². The number of carboxylic acid groups (broad SMARTS) is 1. The second-order valence-electron chi connectivity index (χ2n) is 8.00. The zero-order valence-electron chi connectivity index (χ0n) is 18.7. The fourth-order valence-electron chi connectivity index (χ4n) is 3.42. The molecule has 0 saturated carbocycles. The summed E-state index contributed by atoms with van der Waals surface area (Å²) in [6, 6.07) is 14.3. The molecular weight excluding hydrogens is 552 g/mol. The van der Waals surface area contributed by atoms with Gasteiger partial charge < -0.3 is 14.6 Å². The van der Waals surface area contributed by atoms with Gasteiger partial charge in [0.15, 0.2) is 11.5 Å². The molecule has 1 N–H and O–H groups in total. The molecule has 0 atom stereocenters. The SMILES string of the molecule is COc1cc(C(=O)c2ccc(C)cc2)c(Oc2c(Br)cc(CC(=O)O)cc2Br)cc1C(C)C. The van der Waals surface area contributed by atoms with Crippen LogP contribution in [0.2, 0.25) is 0 Å². The zero-order chi connectivity index (χ0) is 24.3. The van der Waals surface area contributed by atoms with E-state index in [9.17, 15) is 9.59 Å². The highest BCUT2D eigenvalue weighted by Crippen LogP contribution is 2.42. The van der Waals surface area contributed by atoms with Gasteiger partial charge in [0, 0.05) is 11.1 Å². The van der Waals surface area contributed by atoms with E-state index in [2.05, 4.69) is 31.9 Å². The lowest BCUT2D eigenvalue weighted by Gasteiger charge is -2.19. The maximum absolute atomic E-state index is 13.4. The third-order valence-electron chi connectivity index (χ3n) is 5.14. The quantitative estimate of drug-likeness (QED) is 0.285. The average Bonchev–Trinajstić information content (AvgIpc) is 2.75. The zero-order valence-corrected chi connectivity index (χ0v) is 21.9. The van der Waals surface area contributed by atoms with Gasteiger partial charge in [0.25, 0.3) is 0 Å². The second-order valence-corrected chi connectivity index (χ2v) is 9.71. The number of rotatable bonds is 8. The summed E-state index contributed by atoms with van der Waals surface area (Å²) in [5.41, 5.74) is 3.49. The van der Waals surface area contributed by atoms with Crippen LogP contribution in [0.1, 0.15) is 52.4 Å². The van der Waals surface area contributed by atoms with E-state index in [4.69, 9.17) is 14.6 Å². The van der Waals surface area contributed by atoms with E-state index in [0.717, 1.165) is 11.1 Å². The number of ether oxygens (including phenoxy) is 2. The molecule has 0 radical (unpaired) electrons. The van der Waals surface area contributed by atoms with Gasteiger partial charge >= 0.3 is 5.97 Å². The number of aliphatic carboxylic acids is 1. The molecular formula is C26H24Br2O5. The van der Waals surface area contributed by atoms with Crippen molar-refractivity contribution >= 4 is 43.6 Å². The highest BCUT2D eigenvalue weighted by atomic mass is 79.9. The van der Waals surface area contributed by atoms with Crippen LogP contribution < -0.4 is 9.47 Å². The van der Waals surface area contributed by atoms with Crippen LogP contribution in [0.25, 0.3) is 0 Å². The Kier molecular flexibility index (Phi) is 7.97. The third-order valence-corrected chi connectivity index (χ3v) is 6.32. The first-order chi connectivity index (χ1) is 15.6. The fourth-order valence-corrected chi connectivity index (χ4v) is 4.87. The molecule has 3 aromatic carbocycles. The highest BCUT2D eigenvalue weighted by molar-refractivity contribution is 9.11. The first-order valence-electron chi connectivity index (χ1n) is 10.3. The molecule has 0 aliphatic carbocycles. The molecule has 0 spiro atoms. The summed E-state index contributed by atoms with van der Waals surface area (Å²) in [6.45, 7) is 6.04. The van der Waals surface area contributed by atoms with Crippen LogP contribution in [0.15, 0.2) is 57.5 Å². The molecule has 7 heteroatoms. The van der Waals surface area contributed by atoms with Gasteiger partial charge in [0.1, 0.15) is 11.5 Å². The van der Waals surface area contributed by atoms with Gasteiger partial charge in [-0.15, -0.1) is 0 Å². The lowest BCUT2D eigenvalue weighted by molar-refractivity contribution is -0.136. The van der Waals surface area contributed by atoms with Crippen LogP contribution in [0.5, 0.6) is 17.2 Å². The fraction of sp³-hybridized carbons (Fsp3) is 0.231. The summed E-state index contributed by atoms with van der Waals surface area (Å²) >= 11 is 6.96. The van der Waals surface area contributed by atoms with Gasteiger partial charge in [-0.1, -0.05) is 43.7 Å². The summed E-state index contributed by atoms with van der Waals surface area (Å²) in [5.74, 6) is 0.469. The van der Waals surface area contributed by atoms with E-state index < -0.39 is 5.97 Å². The number of carboxylic acids is 1. The number of halogens is 2. The van der Waals surface area contributed by atoms with Crippen LogP contribution >= 0.6 is 31.9 Å². The summed E-state index contributed by atoms with van der Waals surface area (Å²) in [7, 11) is 1.58. The van der Waals surface area contributed by atoms with E-state index in [1.54, 1.807) is 37.4 Å². The van der Waals surface area contributed by atoms with Crippen LogP contribution in [0.4, 0.5) is 0 Å². The maximum atomic E-state index is 13.4. The summed E-state index contributed by atoms with van der Waals surface area (Å²) in [5, 5.41) is 9.10. The van der Waals surface area contributed by atoms with Crippen LogP contribution in [0.3, 0.4) is 0 Å². The molecule has 0 aliphatic heterocycles. The standard InChI is InChI=1S/C26H24Br2O5/c1-14(2)18-12-23(33-26-20(27)9-16(10-21(26)28)11-24(29)30)19(13-22(18)32-4)25(31)17-7-5-15(3)6-8-17/h5-10,12-14H,11H2,1-4H3,(H,29,30).